The van der Waals surface area contributed by atoms with Crippen molar-refractivity contribution in [1.29, 1.82) is 0 Å². The van der Waals surface area contributed by atoms with Gasteiger partial charge in [0.15, 0.2) is 11.5 Å². The summed E-state index contributed by atoms with van der Waals surface area (Å²) >= 11 is 0. The zero-order valence-corrected chi connectivity index (χ0v) is 22.0. The minimum atomic E-state index is -0.182. The summed E-state index contributed by atoms with van der Waals surface area (Å²) in [5.74, 6) is 2.16. The number of nitrogens with one attached hydrogen (secondary N) is 1. The summed E-state index contributed by atoms with van der Waals surface area (Å²) in [6, 6.07) is 31.0. The Labute approximate surface area is 224 Å². The molecule has 6 nitrogen and oxygen atoms in total. The number of hydrogen-bond acceptors (Lipinski definition) is 5. The van der Waals surface area contributed by atoms with Crippen molar-refractivity contribution in [3.8, 4) is 23.0 Å². The first-order valence-electron chi connectivity index (χ1n) is 12.5. The second kappa shape index (κ2) is 13.2. The first kappa shape index (κ1) is 26.6. The molecule has 0 spiro atoms. The van der Waals surface area contributed by atoms with Crippen LogP contribution in [0.3, 0.4) is 0 Å². The Balaban J connectivity index is 1.54. The van der Waals surface area contributed by atoms with Crippen molar-refractivity contribution < 1.29 is 23.7 Å². The average Bonchev–Trinajstić information content (AvgIpc) is 2.95. The van der Waals surface area contributed by atoms with E-state index in [0.29, 0.717) is 30.5 Å². The van der Waals surface area contributed by atoms with Crippen molar-refractivity contribution in [2.45, 2.75) is 32.6 Å². The van der Waals surface area contributed by atoms with Crippen LogP contribution in [0.2, 0.25) is 0 Å². The standard InChI is InChI=1S/C32H33NO5/c1-23(27-15-10-16-28(20-27)35-2)33-31(34)19-26-17-29(37-21-24-11-6-4-7-12-24)32(36-3)30(18-26)38-22-25-13-8-5-9-14-25/h4-18,20,23H,19,21-22H2,1-3H3,(H,33,34). The van der Waals surface area contributed by atoms with E-state index in [9.17, 15) is 4.79 Å². The van der Waals surface area contributed by atoms with Crippen molar-refractivity contribution >= 4 is 5.91 Å². The Bertz CT molecular complexity index is 1260. The van der Waals surface area contributed by atoms with Gasteiger partial charge in [0, 0.05) is 0 Å². The van der Waals surface area contributed by atoms with Crippen LogP contribution in [0.4, 0.5) is 0 Å². The van der Waals surface area contributed by atoms with E-state index in [1.807, 2.05) is 104 Å². The monoisotopic (exact) mass is 511 g/mol. The number of methoxy groups -OCH3 is 2. The smallest absolute Gasteiger partial charge is 0.224 e. The summed E-state index contributed by atoms with van der Waals surface area (Å²) in [6.45, 7) is 2.67. The predicted octanol–water partition coefficient (Wildman–Crippen LogP) is 6.28. The fourth-order valence-corrected chi connectivity index (χ4v) is 4.09. The maximum absolute atomic E-state index is 13.0. The Hall–Kier alpha value is -4.45. The van der Waals surface area contributed by atoms with E-state index in [-0.39, 0.29) is 18.4 Å². The second-order valence-corrected chi connectivity index (χ2v) is 8.92. The molecule has 4 rings (SSSR count). The van der Waals surface area contributed by atoms with Crippen LogP contribution in [-0.2, 0) is 24.4 Å². The molecule has 0 bridgehead atoms. The molecule has 0 heterocycles. The second-order valence-electron chi connectivity index (χ2n) is 8.92. The van der Waals surface area contributed by atoms with Crippen molar-refractivity contribution in [3.05, 3.63) is 119 Å². The predicted molar refractivity (Wildman–Crippen MR) is 148 cm³/mol. The number of amides is 1. The Morgan fingerprint density at radius 3 is 1.82 bits per heavy atom. The molecule has 0 aliphatic heterocycles. The van der Waals surface area contributed by atoms with E-state index in [1.165, 1.54) is 0 Å². The minimum Gasteiger partial charge on any atom is -0.497 e. The van der Waals surface area contributed by atoms with E-state index in [1.54, 1.807) is 14.2 Å². The molecule has 0 radical (unpaired) electrons. The third-order valence-electron chi connectivity index (χ3n) is 6.09. The zero-order chi connectivity index (χ0) is 26.7. The molecular weight excluding hydrogens is 478 g/mol. The quantitative estimate of drug-likeness (QED) is 0.242. The molecule has 0 aliphatic carbocycles. The lowest BCUT2D eigenvalue weighted by molar-refractivity contribution is -0.121. The first-order valence-corrected chi connectivity index (χ1v) is 12.5. The fourth-order valence-electron chi connectivity index (χ4n) is 4.09. The number of hydrogen-bond donors (Lipinski definition) is 1. The van der Waals surface area contributed by atoms with Crippen molar-refractivity contribution in [2.75, 3.05) is 14.2 Å². The maximum Gasteiger partial charge on any atom is 0.224 e. The lowest BCUT2D eigenvalue weighted by Gasteiger charge is -2.18. The van der Waals surface area contributed by atoms with E-state index in [2.05, 4.69) is 5.32 Å². The number of carbonyl (C=O) groups excluding carboxylic acids is 1. The molecule has 6 heteroatoms. The van der Waals surface area contributed by atoms with Crippen LogP contribution in [-0.4, -0.2) is 20.1 Å². The van der Waals surface area contributed by atoms with E-state index >= 15 is 0 Å². The summed E-state index contributed by atoms with van der Waals surface area (Å²) in [4.78, 5) is 13.0. The van der Waals surface area contributed by atoms with Crippen molar-refractivity contribution in [2.24, 2.45) is 0 Å². The summed E-state index contributed by atoms with van der Waals surface area (Å²) in [7, 11) is 3.21. The third kappa shape index (κ3) is 7.29. The van der Waals surface area contributed by atoms with Crippen LogP contribution < -0.4 is 24.3 Å². The van der Waals surface area contributed by atoms with Crippen LogP contribution in [0.1, 0.15) is 35.2 Å². The largest absolute Gasteiger partial charge is 0.497 e. The summed E-state index contributed by atoms with van der Waals surface area (Å²) in [5.41, 5.74) is 3.77. The lowest BCUT2D eigenvalue weighted by Crippen LogP contribution is -2.28. The van der Waals surface area contributed by atoms with Crippen LogP contribution >= 0.6 is 0 Å². The highest BCUT2D eigenvalue weighted by Crippen LogP contribution is 2.39. The molecule has 0 aromatic heterocycles. The Morgan fingerprint density at radius 2 is 1.29 bits per heavy atom. The third-order valence-corrected chi connectivity index (χ3v) is 6.09. The van der Waals surface area contributed by atoms with Crippen molar-refractivity contribution in [3.63, 3.8) is 0 Å². The van der Waals surface area contributed by atoms with E-state index < -0.39 is 0 Å². The Kier molecular flexibility index (Phi) is 9.24. The highest BCUT2D eigenvalue weighted by atomic mass is 16.5. The van der Waals surface area contributed by atoms with Gasteiger partial charge in [-0.3, -0.25) is 4.79 Å². The van der Waals surface area contributed by atoms with Gasteiger partial charge < -0.3 is 24.3 Å². The molecule has 4 aromatic rings. The average molecular weight is 512 g/mol. The molecule has 1 amide bonds. The van der Waals surface area contributed by atoms with Crippen LogP contribution in [0.5, 0.6) is 23.0 Å². The highest BCUT2D eigenvalue weighted by Gasteiger charge is 2.18. The number of rotatable bonds is 12. The number of benzene rings is 4. The Morgan fingerprint density at radius 1 is 0.711 bits per heavy atom. The maximum atomic E-state index is 13.0. The van der Waals surface area contributed by atoms with Gasteiger partial charge in [-0.1, -0.05) is 72.8 Å². The SMILES string of the molecule is COc1cccc(C(C)NC(=O)Cc2cc(OCc3ccccc3)c(OC)c(OCc3ccccc3)c2)c1. The molecule has 4 aromatic carbocycles. The molecule has 38 heavy (non-hydrogen) atoms. The van der Waals surface area contributed by atoms with Gasteiger partial charge in [-0.15, -0.1) is 0 Å². The molecule has 1 unspecified atom stereocenters. The lowest BCUT2D eigenvalue weighted by atomic mass is 10.1. The zero-order valence-electron chi connectivity index (χ0n) is 22.0. The molecule has 0 saturated heterocycles. The topological polar surface area (TPSA) is 66.0 Å². The van der Waals surface area contributed by atoms with Gasteiger partial charge in [0.2, 0.25) is 11.7 Å². The fraction of sp³-hybridized carbons (Fsp3) is 0.219. The van der Waals surface area contributed by atoms with E-state index in [0.717, 1.165) is 28.0 Å². The van der Waals surface area contributed by atoms with Gasteiger partial charge in [-0.2, -0.15) is 0 Å². The van der Waals surface area contributed by atoms with Gasteiger partial charge in [0.25, 0.3) is 0 Å². The molecule has 196 valence electrons. The van der Waals surface area contributed by atoms with E-state index in [4.69, 9.17) is 18.9 Å². The molecular formula is C32H33NO5. The van der Waals surface area contributed by atoms with Gasteiger partial charge in [0.1, 0.15) is 19.0 Å². The summed E-state index contributed by atoms with van der Waals surface area (Å²) < 4.78 is 23.3. The molecule has 1 atom stereocenters. The molecule has 0 saturated carbocycles. The van der Waals surface area contributed by atoms with Crippen LogP contribution in [0.15, 0.2) is 97.1 Å². The summed E-state index contributed by atoms with van der Waals surface area (Å²) in [5, 5.41) is 3.07. The normalized spacial score (nSPS) is 11.3. The molecule has 1 N–H and O–H groups in total. The van der Waals surface area contributed by atoms with Crippen LogP contribution in [0.25, 0.3) is 0 Å². The number of carbonyl (C=O) groups is 1. The minimum absolute atomic E-state index is 0.117. The highest BCUT2D eigenvalue weighted by molar-refractivity contribution is 5.79. The first-order chi connectivity index (χ1) is 18.6. The van der Waals surface area contributed by atoms with Gasteiger partial charge >= 0.3 is 0 Å². The summed E-state index contributed by atoms with van der Waals surface area (Å²) in [6.07, 6.45) is 0.154. The molecule has 0 aliphatic rings. The molecule has 0 fully saturated rings. The van der Waals surface area contributed by atoms with Crippen LogP contribution in [0, 0.1) is 0 Å². The number of ether oxygens (including phenoxy) is 4. The van der Waals surface area contributed by atoms with Gasteiger partial charge in [-0.05, 0) is 53.4 Å². The van der Waals surface area contributed by atoms with Crippen molar-refractivity contribution in [1.82, 2.24) is 5.32 Å². The van der Waals surface area contributed by atoms with Gasteiger partial charge in [-0.25, -0.2) is 0 Å². The van der Waals surface area contributed by atoms with Gasteiger partial charge in [0.05, 0.1) is 26.7 Å².